The number of carbonyl (C=O) groups excluding carboxylic acids is 2. The maximum absolute atomic E-state index is 11.7. The monoisotopic (exact) mass is 326 g/mol. The highest BCUT2D eigenvalue weighted by Gasteiger charge is 2.15. The minimum atomic E-state index is -0.499. The van der Waals surface area contributed by atoms with E-state index in [0.29, 0.717) is 12.0 Å². The average molecular weight is 326 g/mol. The molecular formula is C18H18N2O4. The van der Waals surface area contributed by atoms with Crippen molar-refractivity contribution < 1.29 is 19.1 Å². The molecule has 2 aromatic rings. The topological polar surface area (TPSA) is 70.4 Å². The molecule has 0 bridgehead atoms. The number of ether oxygens (including phenoxy) is 2. The summed E-state index contributed by atoms with van der Waals surface area (Å²) in [6.07, 6.45) is 2.02. The van der Waals surface area contributed by atoms with Crippen LogP contribution in [0.2, 0.25) is 0 Å². The van der Waals surface area contributed by atoms with Gasteiger partial charge in [0.25, 0.3) is 0 Å². The van der Waals surface area contributed by atoms with Gasteiger partial charge in [-0.2, -0.15) is 5.10 Å². The molecule has 0 atom stereocenters. The van der Waals surface area contributed by atoms with Crippen molar-refractivity contribution in [2.45, 2.75) is 19.4 Å². The fourth-order valence-corrected chi connectivity index (χ4v) is 2.00. The van der Waals surface area contributed by atoms with Gasteiger partial charge in [-0.25, -0.2) is 4.79 Å². The number of benzene rings is 1. The molecule has 0 saturated carbocycles. The number of aryl methyl sites for hydroxylation is 1. The molecule has 124 valence electrons. The Kier molecular flexibility index (Phi) is 6.15. The van der Waals surface area contributed by atoms with Crippen LogP contribution < -0.4 is 0 Å². The van der Waals surface area contributed by atoms with E-state index in [1.54, 1.807) is 7.05 Å². The number of aromatic nitrogens is 2. The van der Waals surface area contributed by atoms with E-state index in [1.165, 1.54) is 18.0 Å². The first-order valence-electron chi connectivity index (χ1n) is 7.40. The molecule has 24 heavy (non-hydrogen) atoms. The van der Waals surface area contributed by atoms with Crippen molar-refractivity contribution in [1.29, 1.82) is 0 Å². The first kappa shape index (κ1) is 17.3. The molecule has 0 radical (unpaired) electrons. The molecular weight excluding hydrogens is 308 g/mol. The Hall–Kier alpha value is -3.07. The average Bonchev–Trinajstić information content (AvgIpc) is 2.97. The van der Waals surface area contributed by atoms with Crippen LogP contribution >= 0.6 is 0 Å². The van der Waals surface area contributed by atoms with Crippen molar-refractivity contribution in [2.75, 3.05) is 7.11 Å². The van der Waals surface area contributed by atoms with Gasteiger partial charge in [-0.15, -0.1) is 0 Å². The molecule has 0 saturated heterocycles. The number of hydrogen-bond donors (Lipinski definition) is 0. The summed E-state index contributed by atoms with van der Waals surface area (Å²) in [4.78, 5) is 23.3. The lowest BCUT2D eigenvalue weighted by Gasteiger charge is -2.03. The molecule has 0 fully saturated rings. The lowest BCUT2D eigenvalue weighted by atomic mass is 10.2. The van der Waals surface area contributed by atoms with Crippen molar-refractivity contribution in [3.63, 3.8) is 0 Å². The maximum atomic E-state index is 11.7. The lowest BCUT2D eigenvalue weighted by Crippen LogP contribution is -2.10. The Balaban J connectivity index is 1.84. The van der Waals surface area contributed by atoms with E-state index in [1.807, 2.05) is 30.3 Å². The number of esters is 2. The van der Waals surface area contributed by atoms with Crippen molar-refractivity contribution in [2.24, 2.45) is 7.05 Å². The summed E-state index contributed by atoms with van der Waals surface area (Å²) in [5.41, 5.74) is 1.70. The van der Waals surface area contributed by atoms with Crippen LogP contribution in [0, 0.1) is 11.8 Å². The highest BCUT2D eigenvalue weighted by molar-refractivity contribution is 5.90. The molecule has 0 aliphatic heterocycles. The minimum absolute atomic E-state index is 0.188. The molecule has 0 amide bonds. The second kappa shape index (κ2) is 8.53. The van der Waals surface area contributed by atoms with Crippen LogP contribution in [0.4, 0.5) is 0 Å². The highest BCUT2D eigenvalue weighted by Crippen LogP contribution is 2.08. The maximum Gasteiger partial charge on any atom is 0.357 e. The van der Waals surface area contributed by atoms with Crippen LogP contribution in [-0.4, -0.2) is 28.8 Å². The summed E-state index contributed by atoms with van der Waals surface area (Å²) >= 11 is 0. The molecule has 0 unspecified atom stereocenters. The van der Waals surface area contributed by atoms with Gasteiger partial charge in [0, 0.05) is 13.5 Å². The SMILES string of the molecule is COC(=O)c1c(C#CCCC(=O)OCc2ccccc2)cnn1C. The summed E-state index contributed by atoms with van der Waals surface area (Å²) in [5.74, 6) is 4.88. The summed E-state index contributed by atoms with van der Waals surface area (Å²) in [6.45, 7) is 0.252. The zero-order valence-corrected chi connectivity index (χ0v) is 13.6. The van der Waals surface area contributed by atoms with Crippen LogP contribution in [0.1, 0.15) is 34.5 Å². The van der Waals surface area contributed by atoms with Crippen molar-refractivity contribution in [1.82, 2.24) is 9.78 Å². The standard InChI is InChI=1S/C18H18N2O4/c1-20-17(18(22)23-2)15(12-19-20)10-6-7-11-16(21)24-13-14-8-4-3-5-9-14/h3-5,8-9,12H,7,11,13H2,1-2H3. The van der Waals surface area contributed by atoms with Gasteiger partial charge in [0.15, 0.2) is 5.69 Å². The van der Waals surface area contributed by atoms with Gasteiger partial charge in [0.05, 0.1) is 25.3 Å². The molecule has 6 nitrogen and oxygen atoms in total. The normalized spacial score (nSPS) is 9.75. The predicted molar refractivity (Wildman–Crippen MR) is 86.9 cm³/mol. The molecule has 0 spiro atoms. The molecule has 1 heterocycles. The van der Waals surface area contributed by atoms with Crippen LogP contribution in [0.25, 0.3) is 0 Å². The zero-order chi connectivity index (χ0) is 17.4. The molecule has 0 aliphatic rings. The number of methoxy groups -OCH3 is 1. The molecule has 6 heteroatoms. The lowest BCUT2D eigenvalue weighted by molar-refractivity contribution is -0.144. The zero-order valence-electron chi connectivity index (χ0n) is 13.6. The predicted octanol–water partition coefficient (Wildman–Crippen LogP) is 2.08. The number of carbonyl (C=O) groups is 2. The van der Waals surface area contributed by atoms with E-state index in [0.717, 1.165) is 5.56 Å². The largest absolute Gasteiger partial charge is 0.464 e. The third-order valence-corrected chi connectivity index (χ3v) is 3.24. The van der Waals surface area contributed by atoms with E-state index in [2.05, 4.69) is 16.9 Å². The second-order valence-corrected chi connectivity index (χ2v) is 4.97. The van der Waals surface area contributed by atoms with Crippen molar-refractivity contribution in [3.8, 4) is 11.8 Å². The van der Waals surface area contributed by atoms with Crippen LogP contribution in [0.5, 0.6) is 0 Å². The van der Waals surface area contributed by atoms with Gasteiger partial charge in [-0.05, 0) is 5.56 Å². The Morgan fingerprint density at radius 2 is 2.00 bits per heavy atom. The van der Waals surface area contributed by atoms with E-state index in [-0.39, 0.29) is 24.7 Å². The summed E-state index contributed by atoms with van der Waals surface area (Å²) < 4.78 is 11.3. The highest BCUT2D eigenvalue weighted by atomic mass is 16.5. The molecule has 0 N–H and O–H groups in total. The number of nitrogens with zero attached hydrogens (tertiary/aromatic N) is 2. The van der Waals surface area contributed by atoms with Gasteiger partial charge in [0.1, 0.15) is 6.61 Å². The Bertz CT molecular complexity index is 769. The second-order valence-electron chi connectivity index (χ2n) is 4.97. The van der Waals surface area contributed by atoms with Gasteiger partial charge in [-0.3, -0.25) is 9.48 Å². The molecule has 0 aliphatic carbocycles. The number of hydrogen-bond acceptors (Lipinski definition) is 5. The first-order valence-corrected chi connectivity index (χ1v) is 7.40. The third kappa shape index (κ3) is 4.71. The van der Waals surface area contributed by atoms with Crippen LogP contribution in [-0.2, 0) is 27.9 Å². The van der Waals surface area contributed by atoms with Gasteiger partial charge < -0.3 is 9.47 Å². The summed E-state index contributed by atoms with van der Waals surface area (Å²) in [7, 11) is 2.94. The van der Waals surface area contributed by atoms with E-state index < -0.39 is 5.97 Å². The van der Waals surface area contributed by atoms with Gasteiger partial charge in [-0.1, -0.05) is 42.2 Å². The van der Waals surface area contributed by atoms with Crippen LogP contribution in [0.15, 0.2) is 36.5 Å². The first-order chi connectivity index (χ1) is 11.6. The fourth-order valence-electron chi connectivity index (χ4n) is 2.00. The Morgan fingerprint density at radius 1 is 1.25 bits per heavy atom. The molecule has 1 aromatic heterocycles. The van der Waals surface area contributed by atoms with Crippen LogP contribution in [0.3, 0.4) is 0 Å². The van der Waals surface area contributed by atoms with Crippen molar-refractivity contribution >= 4 is 11.9 Å². The van der Waals surface area contributed by atoms with E-state index in [9.17, 15) is 9.59 Å². The molecule has 1 aromatic carbocycles. The fraction of sp³-hybridized carbons (Fsp3) is 0.278. The van der Waals surface area contributed by atoms with E-state index in [4.69, 9.17) is 9.47 Å². The van der Waals surface area contributed by atoms with Crippen molar-refractivity contribution in [3.05, 3.63) is 53.3 Å². The molecule has 2 rings (SSSR count). The Labute approximate surface area is 140 Å². The third-order valence-electron chi connectivity index (χ3n) is 3.24. The summed E-state index contributed by atoms with van der Waals surface area (Å²) in [5, 5.41) is 3.98. The summed E-state index contributed by atoms with van der Waals surface area (Å²) in [6, 6.07) is 9.47. The van der Waals surface area contributed by atoms with Gasteiger partial charge in [0.2, 0.25) is 0 Å². The Morgan fingerprint density at radius 3 is 2.71 bits per heavy atom. The van der Waals surface area contributed by atoms with Gasteiger partial charge >= 0.3 is 11.9 Å². The minimum Gasteiger partial charge on any atom is -0.464 e. The quantitative estimate of drug-likeness (QED) is 0.621. The number of rotatable bonds is 5. The smallest absolute Gasteiger partial charge is 0.357 e. The van der Waals surface area contributed by atoms with E-state index >= 15 is 0 Å².